The van der Waals surface area contributed by atoms with E-state index in [0.717, 1.165) is 11.8 Å². The summed E-state index contributed by atoms with van der Waals surface area (Å²) in [5.74, 6) is -0.277. The number of carbonyl (C=O) groups is 1. The number of ether oxygens (including phenoxy) is 2. The Morgan fingerprint density at radius 3 is 2.42 bits per heavy atom. The highest BCUT2D eigenvalue weighted by Crippen LogP contribution is 2.31. The van der Waals surface area contributed by atoms with Crippen molar-refractivity contribution >= 4 is 17.7 Å². The highest BCUT2D eigenvalue weighted by molar-refractivity contribution is 7.99. The smallest absolute Gasteiger partial charge is 0.217 e. The molecule has 0 unspecified atom stereocenters. The zero-order valence-corrected chi connectivity index (χ0v) is 13.7. The third kappa shape index (κ3) is 4.18. The maximum absolute atomic E-state index is 11.2. The fourth-order valence-electron chi connectivity index (χ4n) is 2.64. The van der Waals surface area contributed by atoms with E-state index in [-0.39, 0.29) is 5.75 Å². The Bertz CT molecular complexity index is 440. The molecule has 11 heteroatoms. The molecule has 24 heavy (non-hydrogen) atoms. The lowest BCUT2D eigenvalue weighted by molar-refractivity contribution is -0.309. The van der Waals surface area contributed by atoms with Crippen molar-refractivity contribution < 1.29 is 44.9 Å². The molecule has 2 saturated heterocycles. The van der Waals surface area contributed by atoms with Gasteiger partial charge >= 0.3 is 0 Å². The molecule has 2 heterocycles. The third-order valence-corrected chi connectivity index (χ3v) is 5.23. The number of aliphatic hydroxyl groups excluding tert-OH is 6. The molecule has 0 aromatic carbocycles. The van der Waals surface area contributed by atoms with Crippen LogP contribution in [-0.4, -0.2) is 103 Å². The molecule has 1 amide bonds. The second-order valence-corrected chi connectivity index (χ2v) is 6.95. The lowest BCUT2D eigenvalue weighted by Gasteiger charge is -2.43. The molecule has 0 spiro atoms. The minimum atomic E-state index is -1.60. The molecule has 0 aromatic heterocycles. The van der Waals surface area contributed by atoms with Crippen molar-refractivity contribution in [3.8, 4) is 0 Å². The van der Waals surface area contributed by atoms with E-state index in [0.29, 0.717) is 0 Å². The summed E-state index contributed by atoms with van der Waals surface area (Å²) in [7, 11) is 0. The van der Waals surface area contributed by atoms with Crippen LogP contribution < -0.4 is 5.32 Å². The summed E-state index contributed by atoms with van der Waals surface area (Å²) in [5.41, 5.74) is -0.966. The minimum absolute atomic E-state index is 0.157. The van der Waals surface area contributed by atoms with E-state index in [9.17, 15) is 30.3 Å². The van der Waals surface area contributed by atoms with Gasteiger partial charge in [0, 0.05) is 12.7 Å². The number of nitrogens with one attached hydrogen (secondary N) is 1. The predicted molar refractivity (Wildman–Crippen MR) is 80.7 cm³/mol. The second kappa shape index (κ2) is 8.25. The number of aliphatic hydroxyl groups is 6. The number of thioether (sulfide) groups is 1. The fourth-order valence-corrected chi connectivity index (χ4v) is 3.79. The summed E-state index contributed by atoms with van der Waals surface area (Å²) in [6.45, 7) is 0.646. The van der Waals surface area contributed by atoms with Crippen LogP contribution in [0, 0.1) is 0 Å². The van der Waals surface area contributed by atoms with Crippen LogP contribution in [0.2, 0.25) is 0 Å². The first kappa shape index (κ1) is 19.8. The molecular formula is C13H23NO9S. The zero-order valence-electron chi connectivity index (χ0n) is 12.9. The van der Waals surface area contributed by atoms with Crippen LogP contribution in [0.4, 0.5) is 0 Å². The molecule has 0 bridgehead atoms. The summed E-state index contributed by atoms with van der Waals surface area (Å²) in [4.78, 5) is 11.2. The van der Waals surface area contributed by atoms with Gasteiger partial charge in [0.05, 0.1) is 18.8 Å². The van der Waals surface area contributed by atoms with E-state index in [1.807, 2.05) is 0 Å². The molecule has 7 N–H and O–H groups in total. The van der Waals surface area contributed by atoms with E-state index >= 15 is 0 Å². The Balaban J connectivity index is 2.04. The lowest BCUT2D eigenvalue weighted by Crippen LogP contribution is -2.62. The van der Waals surface area contributed by atoms with E-state index < -0.39 is 66.9 Å². The van der Waals surface area contributed by atoms with Gasteiger partial charge in [0.25, 0.3) is 0 Å². The first-order valence-corrected chi connectivity index (χ1v) is 8.52. The Morgan fingerprint density at radius 1 is 1.17 bits per heavy atom. The highest BCUT2D eigenvalue weighted by Gasteiger charge is 2.47. The van der Waals surface area contributed by atoms with Crippen molar-refractivity contribution in [3.05, 3.63) is 0 Å². The van der Waals surface area contributed by atoms with Crippen LogP contribution in [0.5, 0.6) is 0 Å². The molecule has 2 aliphatic heterocycles. The van der Waals surface area contributed by atoms with Crippen LogP contribution in [0.15, 0.2) is 0 Å². The van der Waals surface area contributed by atoms with Crippen molar-refractivity contribution in [2.24, 2.45) is 0 Å². The van der Waals surface area contributed by atoms with E-state index in [1.54, 1.807) is 0 Å². The Hall–Kier alpha value is -0.500. The van der Waals surface area contributed by atoms with Crippen LogP contribution in [0.1, 0.15) is 6.92 Å². The standard InChI is InChI=1S/C13H23NO9S/c1-4(16)14-7-5(17)3-24-13(9(7)19)23-12-11(21)10(20)8(18)6(2-15)22-12/h5-13,15,17-21H,2-3H2,1H3,(H,14,16)/t5-,6-,7+,8+,9-,10+,11-,12+,13-/m1/s1. The Morgan fingerprint density at radius 2 is 1.83 bits per heavy atom. The zero-order chi connectivity index (χ0) is 18.0. The minimum Gasteiger partial charge on any atom is -0.394 e. The van der Waals surface area contributed by atoms with Crippen molar-refractivity contribution in [1.82, 2.24) is 5.32 Å². The van der Waals surface area contributed by atoms with Gasteiger partial charge in [0.2, 0.25) is 5.91 Å². The second-order valence-electron chi connectivity index (χ2n) is 5.82. The molecule has 2 rings (SSSR count). The molecule has 0 aromatic rings. The van der Waals surface area contributed by atoms with Crippen molar-refractivity contribution in [2.75, 3.05) is 12.4 Å². The first-order chi connectivity index (χ1) is 11.3. The van der Waals surface area contributed by atoms with E-state index in [1.165, 1.54) is 6.92 Å². The van der Waals surface area contributed by atoms with Gasteiger partial charge in [0.15, 0.2) is 6.29 Å². The van der Waals surface area contributed by atoms with Gasteiger partial charge in [-0.3, -0.25) is 4.79 Å². The van der Waals surface area contributed by atoms with Gasteiger partial charge in [-0.2, -0.15) is 0 Å². The maximum atomic E-state index is 11.2. The normalized spacial score (nSPS) is 46.5. The Kier molecular flexibility index (Phi) is 6.82. The van der Waals surface area contributed by atoms with Crippen LogP contribution >= 0.6 is 11.8 Å². The molecule has 2 aliphatic rings. The van der Waals surface area contributed by atoms with Gasteiger partial charge in [-0.05, 0) is 0 Å². The summed E-state index contributed by atoms with van der Waals surface area (Å²) < 4.78 is 10.7. The van der Waals surface area contributed by atoms with E-state index in [2.05, 4.69) is 5.32 Å². The molecule has 10 nitrogen and oxygen atoms in total. The molecule has 0 radical (unpaired) electrons. The molecule has 0 aliphatic carbocycles. The number of hydrogen-bond acceptors (Lipinski definition) is 10. The van der Waals surface area contributed by atoms with Crippen LogP contribution in [0.25, 0.3) is 0 Å². The van der Waals surface area contributed by atoms with Crippen molar-refractivity contribution in [2.45, 2.75) is 61.3 Å². The van der Waals surface area contributed by atoms with Gasteiger partial charge in [-0.25, -0.2) is 0 Å². The maximum Gasteiger partial charge on any atom is 0.217 e. The summed E-state index contributed by atoms with van der Waals surface area (Å²) in [6.07, 6.45) is -9.51. The topological polar surface area (TPSA) is 169 Å². The molecule has 9 atom stereocenters. The summed E-state index contributed by atoms with van der Waals surface area (Å²) in [6, 6.07) is -0.960. The number of carbonyl (C=O) groups excluding carboxylic acids is 1. The van der Waals surface area contributed by atoms with Crippen LogP contribution in [0.3, 0.4) is 0 Å². The molecule has 2 fully saturated rings. The summed E-state index contributed by atoms with van der Waals surface area (Å²) in [5, 5.41) is 61.2. The quantitative estimate of drug-likeness (QED) is 0.260. The predicted octanol–water partition coefficient (Wildman–Crippen LogP) is -3.90. The average Bonchev–Trinajstić information content (AvgIpc) is 2.54. The lowest BCUT2D eigenvalue weighted by atomic mass is 9.99. The number of hydrogen-bond donors (Lipinski definition) is 7. The molecular weight excluding hydrogens is 346 g/mol. The average molecular weight is 369 g/mol. The SMILES string of the molecule is CC(=O)N[C@@H]1[C@@H](O)[C@H](O[C@@H]2O[C@H](CO)[C@H](O)[C@H](O)[C@H]2O)SC[C@H]1O. The molecule has 140 valence electrons. The van der Waals surface area contributed by atoms with Gasteiger partial charge < -0.3 is 45.4 Å². The highest BCUT2D eigenvalue weighted by atomic mass is 32.2. The monoisotopic (exact) mass is 369 g/mol. The van der Waals surface area contributed by atoms with Crippen molar-refractivity contribution in [3.63, 3.8) is 0 Å². The first-order valence-electron chi connectivity index (χ1n) is 7.47. The molecule has 0 saturated carbocycles. The third-order valence-electron chi connectivity index (χ3n) is 3.98. The van der Waals surface area contributed by atoms with Crippen LogP contribution in [-0.2, 0) is 14.3 Å². The number of amides is 1. The van der Waals surface area contributed by atoms with E-state index in [4.69, 9.17) is 14.6 Å². The van der Waals surface area contributed by atoms with Crippen molar-refractivity contribution in [1.29, 1.82) is 0 Å². The summed E-state index contributed by atoms with van der Waals surface area (Å²) >= 11 is 1.05. The van der Waals surface area contributed by atoms with Gasteiger partial charge in [0.1, 0.15) is 36.0 Å². The Labute approximate surface area is 142 Å². The number of rotatable bonds is 4. The largest absolute Gasteiger partial charge is 0.394 e. The van der Waals surface area contributed by atoms with Gasteiger partial charge in [-0.15, -0.1) is 11.8 Å². The fraction of sp³-hybridized carbons (Fsp3) is 0.923. The van der Waals surface area contributed by atoms with Gasteiger partial charge in [-0.1, -0.05) is 0 Å².